The third-order valence-electron chi connectivity index (χ3n) is 4.52. The van der Waals surface area contributed by atoms with Crippen molar-refractivity contribution in [3.05, 3.63) is 53.2 Å². The first-order valence-corrected chi connectivity index (χ1v) is 8.32. The van der Waals surface area contributed by atoms with E-state index in [1.807, 2.05) is 44.4 Å². The number of aryl methyl sites for hydroxylation is 2. The van der Waals surface area contributed by atoms with Crippen molar-refractivity contribution in [1.82, 2.24) is 19.3 Å². The number of nitriles is 1. The van der Waals surface area contributed by atoms with Gasteiger partial charge in [0.2, 0.25) is 5.95 Å². The van der Waals surface area contributed by atoms with Gasteiger partial charge < -0.3 is 10.3 Å². The zero-order valence-electron chi connectivity index (χ0n) is 14.2. The highest BCUT2D eigenvalue weighted by Crippen LogP contribution is 2.38. The molecule has 0 aliphatic rings. The van der Waals surface area contributed by atoms with Gasteiger partial charge in [-0.2, -0.15) is 10.4 Å². The first-order valence-electron chi connectivity index (χ1n) is 7.94. The fourth-order valence-electron chi connectivity index (χ4n) is 3.22. The highest BCUT2D eigenvalue weighted by Gasteiger charge is 2.20. The fourth-order valence-corrected chi connectivity index (χ4v) is 3.43. The standard InChI is InChI=1S/C19H15ClN6/c1-25-16-8-12(20)7-14(17(16)24-19(25)22)15-10-23-26(2)18(15)13-6-4-3-5-11(13)9-21/h3-8,10H,1-2H3,(H2,22,24). The van der Waals surface area contributed by atoms with Gasteiger partial charge in [-0.25, -0.2) is 4.98 Å². The first kappa shape index (κ1) is 16.2. The SMILES string of the molecule is Cn1ncc(-c2cc(Cl)cc3c2nc(N)n3C)c1-c1ccccc1C#N. The van der Waals surface area contributed by atoms with Crippen LogP contribution < -0.4 is 5.73 Å². The summed E-state index contributed by atoms with van der Waals surface area (Å²) in [5.74, 6) is 0.409. The van der Waals surface area contributed by atoms with E-state index in [-0.39, 0.29) is 0 Å². The summed E-state index contributed by atoms with van der Waals surface area (Å²) in [6.45, 7) is 0. The summed E-state index contributed by atoms with van der Waals surface area (Å²) in [4.78, 5) is 4.50. The zero-order chi connectivity index (χ0) is 18.4. The molecule has 0 atom stereocenters. The Morgan fingerprint density at radius 1 is 1.12 bits per heavy atom. The van der Waals surface area contributed by atoms with Crippen LogP contribution in [0.2, 0.25) is 5.02 Å². The van der Waals surface area contributed by atoms with Gasteiger partial charge in [-0.15, -0.1) is 0 Å². The van der Waals surface area contributed by atoms with Gasteiger partial charge in [0.1, 0.15) is 0 Å². The molecule has 2 aromatic carbocycles. The highest BCUT2D eigenvalue weighted by molar-refractivity contribution is 6.32. The number of benzene rings is 2. The zero-order valence-corrected chi connectivity index (χ0v) is 15.0. The van der Waals surface area contributed by atoms with Crippen LogP contribution in [0.25, 0.3) is 33.4 Å². The Kier molecular flexibility index (Phi) is 3.67. The Morgan fingerprint density at radius 2 is 1.88 bits per heavy atom. The number of hydrogen-bond acceptors (Lipinski definition) is 4. The summed E-state index contributed by atoms with van der Waals surface area (Å²) >= 11 is 6.36. The Bertz CT molecular complexity index is 1190. The van der Waals surface area contributed by atoms with Crippen LogP contribution in [-0.4, -0.2) is 19.3 Å². The lowest BCUT2D eigenvalue weighted by molar-refractivity contribution is 0.776. The van der Waals surface area contributed by atoms with Gasteiger partial charge in [0.25, 0.3) is 0 Å². The van der Waals surface area contributed by atoms with E-state index >= 15 is 0 Å². The minimum absolute atomic E-state index is 0.409. The van der Waals surface area contributed by atoms with Crippen LogP contribution in [0.4, 0.5) is 5.95 Å². The number of anilines is 1. The number of rotatable bonds is 2. The lowest BCUT2D eigenvalue weighted by atomic mass is 9.97. The van der Waals surface area contributed by atoms with Crippen molar-refractivity contribution < 1.29 is 0 Å². The molecule has 2 aromatic heterocycles. The highest BCUT2D eigenvalue weighted by atomic mass is 35.5. The summed E-state index contributed by atoms with van der Waals surface area (Å²) in [7, 11) is 3.70. The first-order chi connectivity index (χ1) is 12.5. The summed E-state index contributed by atoms with van der Waals surface area (Å²) in [5.41, 5.74) is 11.5. The average Bonchev–Trinajstić information content (AvgIpc) is 3.15. The van der Waals surface area contributed by atoms with Crippen molar-refractivity contribution in [1.29, 1.82) is 5.26 Å². The van der Waals surface area contributed by atoms with Crippen molar-refractivity contribution in [2.45, 2.75) is 0 Å². The Hall–Kier alpha value is -3.30. The minimum Gasteiger partial charge on any atom is -0.369 e. The minimum atomic E-state index is 0.409. The predicted octanol–water partition coefficient (Wildman–Crippen LogP) is 3.75. The van der Waals surface area contributed by atoms with Crippen molar-refractivity contribution in [3.8, 4) is 28.5 Å². The van der Waals surface area contributed by atoms with Crippen molar-refractivity contribution in [2.24, 2.45) is 14.1 Å². The Balaban J connectivity index is 2.07. The maximum atomic E-state index is 9.49. The van der Waals surface area contributed by atoms with E-state index in [9.17, 15) is 5.26 Å². The molecule has 2 heterocycles. The number of hydrogen-bond donors (Lipinski definition) is 1. The molecule has 0 unspecified atom stereocenters. The lowest BCUT2D eigenvalue weighted by Gasteiger charge is -2.09. The number of imidazole rings is 1. The van der Waals surface area contributed by atoms with Gasteiger partial charge in [0.15, 0.2) is 0 Å². The number of aromatic nitrogens is 4. The third kappa shape index (κ3) is 2.33. The molecule has 4 rings (SSSR count). The van der Waals surface area contributed by atoms with Crippen molar-refractivity contribution in [3.63, 3.8) is 0 Å². The van der Waals surface area contributed by atoms with E-state index in [2.05, 4.69) is 16.2 Å². The number of halogens is 1. The Morgan fingerprint density at radius 3 is 2.65 bits per heavy atom. The van der Waals surface area contributed by atoms with Gasteiger partial charge in [-0.05, 0) is 18.2 Å². The molecule has 0 bridgehead atoms. The molecular formula is C19H15ClN6. The molecule has 0 radical (unpaired) electrons. The summed E-state index contributed by atoms with van der Waals surface area (Å²) < 4.78 is 3.55. The maximum absolute atomic E-state index is 9.49. The van der Waals surface area contributed by atoms with Gasteiger partial charge in [0, 0.05) is 35.8 Å². The molecule has 0 amide bonds. The van der Waals surface area contributed by atoms with Crippen LogP contribution in [0.1, 0.15) is 5.56 Å². The van der Waals surface area contributed by atoms with Crippen LogP contribution in [0.15, 0.2) is 42.6 Å². The van der Waals surface area contributed by atoms with Gasteiger partial charge >= 0.3 is 0 Å². The van der Waals surface area contributed by atoms with E-state index in [1.54, 1.807) is 21.5 Å². The molecule has 4 aromatic rings. The van der Waals surface area contributed by atoms with Crippen LogP contribution in [0, 0.1) is 11.3 Å². The molecule has 7 heteroatoms. The van der Waals surface area contributed by atoms with Crippen LogP contribution in [-0.2, 0) is 14.1 Å². The van der Waals surface area contributed by atoms with Gasteiger partial charge in [0.05, 0.1) is 34.6 Å². The smallest absolute Gasteiger partial charge is 0.200 e. The summed E-state index contributed by atoms with van der Waals surface area (Å²) in [5, 5.41) is 14.5. The predicted molar refractivity (Wildman–Crippen MR) is 102 cm³/mol. The van der Waals surface area contributed by atoms with Crippen molar-refractivity contribution in [2.75, 3.05) is 5.73 Å². The van der Waals surface area contributed by atoms with Crippen LogP contribution >= 0.6 is 11.6 Å². The molecule has 2 N–H and O–H groups in total. The van der Waals surface area contributed by atoms with Crippen molar-refractivity contribution >= 4 is 28.6 Å². The molecule has 6 nitrogen and oxygen atoms in total. The summed E-state index contributed by atoms with van der Waals surface area (Å²) in [6.07, 6.45) is 1.76. The maximum Gasteiger partial charge on any atom is 0.200 e. The lowest BCUT2D eigenvalue weighted by Crippen LogP contribution is -1.97. The van der Waals surface area contributed by atoms with E-state index in [4.69, 9.17) is 17.3 Å². The molecule has 128 valence electrons. The second-order valence-electron chi connectivity index (χ2n) is 6.04. The topological polar surface area (TPSA) is 85.5 Å². The number of nitrogens with two attached hydrogens (primary N) is 1. The number of nitrogens with zero attached hydrogens (tertiary/aromatic N) is 5. The molecule has 0 spiro atoms. The third-order valence-corrected chi connectivity index (χ3v) is 4.74. The molecule has 0 saturated carbocycles. The van der Waals surface area contributed by atoms with Crippen LogP contribution in [0.5, 0.6) is 0 Å². The largest absolute Gasteiger partial charge is 0.369 e. The molecule has 0 aliphatic carbocycles. The normalized spacial score (nSPS) is 11.0. The van der Waals surface area contributed by atoms with E-state index < -0.39 is 0 Å². The molecule has 0 saturated heterocycles. The second-order valence-corrected chi connectivity index (χ2v) is 6.47. The second kappa shape index (κ2) is 5.90. The molecule has 0 fully saturated rings. The molecular weight excluding hydrogens is 348 g/mol. The summed E-state index contributed by atoms with van der Waals surface area (Å²) in [6, 6.07) is 13.4. The van der Waals surface area contributed by atoms with E-state index in [0.29, 0.717) is 16.5 Å². The van der Waals surface area contributed by atoms with Gasteiger partial charge in [-0.1, -0.05) is 29.8 Å². The van der Waals surface area contributed by atoms with E-state index in [0.717, 1.165) is 33.4 Å². The number of fused-ring (bicyclic) bond motifs is 1. The van der Waals surface area contributed by atoms with E-state index in [1.165, 1.54) is 0 Å². The van der Waals surface area contributed by atoms with Gasteiger partial charge in [-0.3, -0.25) is 4.68 Å². The fraction of sp³-hybridized carbons (Fsp3) is 0.105. The molecule has 0 aliphatic heterocycles. The molecule has 26 heavy (non-hydrogen) atoms. The number of nitrogen functional groups attached to an aromatic ring is 1. The van der Waals surface area contributed by atoms with Crippen LogP contribution in [0.3, 0.4) is 0 Å². The quantitative estimate of drug-likeness (QED) is 0.588. The Labute approximate surface area is 155 Å². The average molecular weight is 363 g/mol. The monoisotopic (exact) mass is 362 g/mol.